The normalized spacial score (nSPS) is 13.3. The highest BCUT2D eigenvalue weighted by molar-refractivity contribution is 8.13. The number of aryl methyl sites for hydroxylation is 1. The molecule has 0 aliphatic carbocycles. The van der Waals surface area contributed by atoms with Gasteiger partial charge in [0.25, 0.3) is 5.56 Å². The first-order valence-corrected chi connectivity index (χ1v) is 12.9. The van der Waals surface area contributed by atoms with Crippen molar-refractivity contribution in [3.05, 3.63) is 51.8 Å². The van der Waals surface area contributed by atoms with Crippen molar-refractivity contribution in [3.63, 3.8) is 0 Å². The molecule has 0 amide bonds. The van der Waals surface area contributed by atoms with Crippen molar-refractivity contribution < 1.29 is 27.5 Å². The molecule has 184 valence electrons. The van der Waals surface area contributed by atoms with Gasteiger partial charge in [-0.3, -0.25) is 19.1 Å². The second kappa shape index (κ2) is 11.7. The smallest absolute Gasteiger partial charge is 0.356 e. The van der Waals surface area contributed by atoms with Crippen LogP contribution in [0.5, 0.6) is 0 Å². The number of benzene rings is 1. The summed E-state index contributed by atoms with van der Waals surface area (Å²) in [5.74, 6) is -0.140. The van der Waals surface area contributed by atoms with Gasteiger partial charge in [-0.15, -0.1) is 0 Å². The Kier molecular flexibility index (Phi) is 8.97. The summed E-state index contributed by atoms with van der Waals surface area (Å²) >= 11 is 1.03. The maximum Gasteiger partial charge on any atom is 0.356 e. The summed E-state index contributed by atoms with van der Waals surface area (Å²) in [7, 11) is -3.73. The molecule has 0 saturated carbocycles. The van der Waals surface area contributed by atoms with Gasteiger partial charge in [-0.05, 0) is 24.1 Å². The number of imidazole rings is 1. The number of ether oxygens (including phenoxy) is 1. The average molecular weight is 513 g/mol. The van der Waals surface area contributed by atoms with Gasteiger partial charge in [-0.1, -0.05) is 23.9 Å². The van der Waals surface area contributed by atoms with Gasteiger partial charge in [-0.2, -0.15) is 4.98 Å². The predicted molar refractivity (Wildman–Crippen MR) is 126 cm³/mol. The first kappa shape index (κ1) is 26.0. The molecule has 1 atom stereocenters. The first-order valence-electron chi connectivity index (χ1n) is 10.2. The number of fused-ring (bicyclic) bond motifs is 1. The summed E-state index contributed by atoms with van der Waals surface area (Å²) in [6.45, 7) is 3.25. The van der Waals surface area contributed by atoms with E-state index in [1.807, 2.05) is 0 Å². The topological polar surface area (TPSA) is 151 Å². The van der Waals surface area contributed by atoms with Crippen molar-refractivity contribution in [3.8, 4) is 0 Å². The maximum absolute atomic E-state index is 13.8. The Hall–Kier alpha value is -2.57. The molecule has 3 aromatic rings. The van der Waals surface area contributed by atoms with Crippen molar-refractivity contribution in [2.24, 2.45) is 0 Å². The number of nitrogen functional groups attached to an aromatic ring is 1. The number of anilines is 1. The first-order chi connectivity index (χ1) is 16.2. The molecular weight excluding hydrogens is 488 g/mol. The monoisotopic (exact) mass is 513 g/mol. The van der Waals surface area contributed by atoms with Crippen LogP contribution < -0.4 is 11.3 Å². The van der Waals surface area contributed by atoms with Crippen LogP contribution in [0.1, 0.15) is 18.1 Å². The van der Waals surface area contributed by atoms with Crippen molar-refractivity contribution in [2.75, 3.05) is 31.0 Å². The zero-order valence-corrected chi connectivity index (χ0v) is 20.4. The Morgan fingerprint density at radius 1 is 1.32 bits per heavy atom. The van der Waals surface area contributed by atoms with Gasteiger partial charge >= 0.3 is 7.60 Å². The number of hydrogen-bond acceptors (Lipinski definition) is 10. The molecule has 3 N–H and O–H groups in total. The largest absolute Gasteiger partial charge is 0.369 e. The van der Waals surface area contributed by atoms with Crippen molar-refractivity contribution in [1.29, 1.82) is 0 Å². The van der Waals surface area contributed by atoms with E-state index >= 15 is 0 Å². The van der Waals surface area contributed by atoms with Crippen LogP contribution in [0.2, 0.25) is 0 Å². The molecule has 2 heterocycles. The maximum atomic E-state index is 13.8. The molecule has 0 radical (unpaired) electrons. The number of nitrogens with zero attached hydrogens (tertiary/aromatic N) is 3. The highest BCUT2D eigenvalue weighted by Gasteiger charge is 2.26. The number of H-pyrrole nitrogens is 1. The van der Waals surface area contributed by atoms with Crippen molar-refractivity contribution in [1.82, 2.24) is 19.5 Å². The number of thioether (sulfide) groups is 1. The van der Waals surface area contributed by atoms with E-state index in [1.54, 1.807) is 23.6 Å². The lowest BCUT2D eigenvalue weighted by molar-refractivity contribution is -0.109. The van der Waals surface area contributed by atoms with Gasteiger partial charge in [0.2, 0.25) is 5.95 Å². The van der Waals surface area contributed by atoms with E-state index in [2.05, 4.69) is 15.0 Å². The highest BCUT2D eigenvalue weighted by Crippen LogP contribution is 2.49. The van der Waals surface area contributed by atoms with Crippen LogP contribution in [0.4, 0.5) is 10.3 Å². The van der Waals surface area contributed by atoms with Crippen LogP contribution in [0.25, 0.3) is 11.2 Å². The molecular formula is C20H25FN5O6PS. The summed E-state index contributed by atoms with van der Waals surface area (Å²) in [5.41, 5.74) is 6.54. The zero-order valence-electron chi connectivity index (χ0n) is 18.7. The molecule has 14 heteroatoms. The minimum absolute atomic E-state index is 0.00523. The second-order valence-electron chi connectivity index (χ2n) is 7.24. The molecule has 0 bridgehead atoms. The average Bonchev–Trinajstić information content (AvgIpc) is 3.18. The van der Waals surface area contributed by atoms with Gasteiger partial charge in [0.05, 0.1) is 26.1 Å². The summed E-state index contributed by atoms with van der Waals surface area (Å²) in [6.07, 6.45) is 1.06. The Labute approximate surface area is 198 Å². The van der Waals surface area contributed by atoms with E-state index in [4.69, 9.17) is 19.5 Å². The van der Waals surface area contributed by atoms with Gasteiger partial charge in [0, 0.05) is 19.2 Å². The Morgan fingerprint density at radius 3 is 2.85 bits per heavy atom. The molecule has 34 heavy (non-hydrogen) atoms. The fraction of sp³-hybridized carbons (Fsp3) is 0.400. The Balaban J connectivity index is 1.60. The number of aromatic amines is 1. The predicted octanol–water partition coefficient (Wildman–Crippen LogP) is 2.83. The summed E-state index contributed by atoms with van der Waals surface area (Å²) < 4.78 is 45.1. The van der Waals surface area contributed by atoms with Crippen molar-refractivity contribution in [2.45, 2.75) is 27.0 Å². The van der Waals surface area contributed by atoms with Gasteiger partial charge < -0.3 is 24.1 Å². The number of halogens is 1. The van der Waals surface area contributed by atoms with Crippen LogP contribution in [0.3, 0.4) is 0 Å². The summed E-state index contributed by atoms with van der Waals surface area (Å²) in [4.78, 5) is 33.4. The van der Waals surface area contributed by atoms with Crippen LogP contribution in [0, 0.1) is 12.7 Å². The molecule has 2 aromatic heterocycles. The van der Waals surface area contributed by atoms with Crippen LogP contribution in [0.15, 0.2) is 29.3 Å². The molecule has 0 fully saturated rings. The quantitative estimate of drug-likeness (QED) is 0.273. The fourth-order valence-corrected chi connectivity index (χ4v) is 4.72. The minimum Gasteiger partial charge on any atom is -0.369 e. The molecule has 0 aliphatic heterocycles. The molecule has 0 saturated heterocycles. The molecule has 1 aromatic carbocycles. The molecule has 3 rings (SSSR count). The molecule has 0 aliphatic rings. The number of carbonyl (C=O) groups is 1. The van der Waals surface area contributed by atoms with E-state index in [-0.39, 0.29) is 49.3 Å². The van der Waals surface area contributed by atoms with E-state index < -0.39 is 19.0 Å². The van der Waals surface area contributed by atoms with Gasteiger partial charge in [0.1, 0.15) is 12.2 Å². The summed E-state index contributed by atoms with van der Waals surface area (Å²) in [5, 5.41) is -0.0913. The number of hydrogen-bond donors (Lipinski definition) is 2. The molecule has 11 nitrogen and oxygen atoms in total. The lowest BCUT2D eigenvalue weighted by atomic mass is 10.1. The summed E-state index contributed by atoms with van der Waals surface area (Å²) in [6, 6.07) is 4.57. The van der Waals surface area contributed by atoms with Crippen LogP contribution >= 0.6 is 19.4 Å². The SMILES string of the molecule is CC(=O)SCCOP(=O)(COCCn1cnc2c(=O)[nH]c(N)nc21)OCc1ccc(C)c(F)c1. The standard InChI is InChI=1S/C20H25FN5O6PS/c1-13-3-4-15(9-16(13)21)10-32-33(29,31-7-8-34-14(2)27)12-30-6-5-26-11-23-17-18(26)24-20(22)25-19(17)28/h3-4,9,11H,5-8,10,12H2,1-2H3,(H3,22,24,25,28). The number of carbonyl (C=O) groups excluding carboxylic acids is 1. The third kappa shape index (κ3) is 7.21. The van der Waals surface area contributed by atoms with E-state index in [9.17, 15) is 18.5 Å². The Morgan fingerprint density at radius 2 is 2.12 bits per heavy atom. The number of rotatable bonds is 12. The minimum atomic E-state index is -3.73. The lowest BCUT2D eigenvalue weighted by Crippen LogP contribution is -2.13. The lowest BCUT2D eigenvalue weighted by Gasteiger charge is -2.19. The highest BCUT2D eigenvalue weighted by atomic mass is 32.2. The van der Waals surface area contributed by atoms with E-state index in [0.29, 0.717) is 22.5 Å². The molecule has 1 unspecified atom stereocenters. The molecule has 0 spiro atoms. The van der Waals surface area contributed by atoms with Crippen LogP contribution in [-0.4, -0.2) is 49.9 Å². The van der Waals surface area contributed by atoms with Crippen LogP contribution in [-0.2, 0) is 36.3 Å². The van der Waals surface area contributed by atoms with E-state index in [0.717, 1.165) is 11.8 Å². The number of nitrogens with one attached hydrogen (secondary N) is 1. The van der Waals surface area contributed by atoms with E-state index in [1.165, 1.54) is 19.3 Å². The van der Waals surface area contributed by atoms with Crippen molar-refractivity contribution >= 4 is 41.6 Å². The number of nitrogens with two attached hydrogens (primary N) is 1. The third-order valence-electron chi connectivity index (χ3n) is 4.56. The van der Waals surface area contributed by atoms with Gasteiger partial charge in [0.15, 0.2) is 16.3 Å². The third-order valence-corrected chi connectivity index (χ3v) is 6.93. The number of aromatic nitrogens is 4. The fourth-order valence-electron chi connectivity index (χ4n) is 2.85. The Bertz CT molecular complexity index is 1270. The van der Waals surface area contributed by atoms with Gasteiger partial charge in [-0.25, -0.2) is 9.37 Å². The second-order valence-corrected chi connectivity index (χ2v) is 10.5. The zero-order chi connectivity index (χ0) is 24.7.